The Labute approximate surface area is 176 Å². The maximum atomic E-state index is 13.1. The van der Waals surface area contributed by atoms with Crippen LogP contribution in [-0.4, -0.2) is 19.3 Å². The number of halogens is 1. The van der Waals surface area contributed by atoms with E-state index in [4.69, 9.17) is 4.98 Å². The van der Waals surface area contributed by atoms with Gasteiger partial charge in [0.15, 0.2) is 10.8 Å². The van der Waals surface area contributed by atoms with Gasteiger partial charge in [-0.3, -0.25) is 14.5 Å². The second-order valence-corrected chi connectivity index (χ2v) is 8.15. The Balaban J connectivity index is 2.15. The summed E-state index contributed by atoms with van der Waals surface area (Å²) in [5.74, 6) is 0.0841. The lowest BCUT2D eigenvalue weighted by atomic mass is 9.89. The van der Waals surface area contributed by atoms with Gasteiger partial charge in [-0.05, 0) is 57.9 Å². The smallest absolute Gasteiger partial charge is 0.276 e. The summed E-state index contributed by atoms with van der Waals surface area (Å²) in [7, 11) is 0. The van der Waals surface area contributed by atoms with E-state index in [0.717, 1.165) is 33.0 Å². The number of hydrogen-bond donors (Lipinski definition) is 1. The molecular weight excluding hydrogens is 405 g/mol. The molecule has 0 unspecified atom stereocenters. The zero-order valence-corrected chi connectivity index (χ0v) is 18.0. The Morgan fingerprint density at radius 1 is 1.13 bits per heavy atom. The number of nitrogens with one attached hydrogen (secondary N) is 1. The van der Waals surface area contributed by atoms with E-state index in [1.54, 1.807) is 31.5 Å². The van der Waals surface area contributed by atoms with Crippen molar-refractivity contribution in [2.75, 3.05) is 5.54 Å². The fourth-order valence-corrected chi connectivity index (χ4v) is 4.89. The number of anilines is 1. The van der Waals surface area contributed by atoms with Gasteiger partial charge in [0.25, 0.3) is 5.69 Å². The molecule has 0 fully saturated rings. The largest absolute Gasteiger partial charge is 0.287 e. The lowest BCUT2D eigenvalue weighted by Gasteiger charge is -2.16. The van der Waals surface area contributed by atoms with Crippen LogP contribution in [-0.2, 0) is 0 Å². The molecule has 0 saturated heterocycles. The van der Waals surface area contributed by atoms with Gasteiger partial charge >= 0.3 is 0 Å². The molecule has 0 radical (unpaired) electrons. The van der Waals surface area contributed by atoms with E-state index in [0.29, 0.717) is 22.4 Å². The second kappa shape index (κ2) is 7.17. The fourth-order valence-electron chi connectivity index (χ4n) is 4.02. The number of nitrogens with zero attached hydrogens (tertiary/aromatic N) is 4. The highest BCUT2D eigenvalue weighted by Crippen LogP contribution is 2.43. The molecule has 1 N–H and O–H groups in total. The molecule has 0 aliphatic heterocycles. The number of fused-ring (bicyclic) bond motifs is 1. The number of imidazole rings is 1. The van der Waals surface area contributed by atoms with E-state index >= 15 is 0 Å². The Hall–Kier alpha value is -3.33. The summed E-state index contributed by atoms with van der Waals surface area (Å²) >= 11 is 1.49. The molecule has 0 atom stereocenters. The van der Waals surface area contributed by atoms with Gasteiger partial charge in [0.2, 0.25) is 0 Å². The average molecular weight is 425 g/mol. The van der Waals surface area contributed by atoms with Crippen molar-refractivity contribution in [1.29, 1.82) is 0 Å². The Morgan fingerprint density at radius 2 is 1.87 bits per heavy atom. The summed E-state index contributed by atoms with van der Waals surface area (Å²) < 4.78 is 15.1. The van der Waals surface area contributed by atoms with Crippen molar-refractivity contribution >= 4 is 27.8 Å². The third kappa shape index (κ3) is 2.85. The molecule has 0 bridgehead atoms. The summed E-state index contributed by atoms with van der Waals surface area (Å²) in [6, 6.07) is 3.38. The summed E-state index contributed by atoms with van der Waals surface area (Å²) in [5, 5.41) is 13.8. The minimum atomic E-state index is -0.332. The van der Waals surface area contributed by atoms with Gasteiger partial charge in [-0.15, -0.1) is 15.8 Å². The highest BCUT2D eigenvalue weighted by Gasteiger charge is 2.28. The Morgan fingerprint density at radius 3 is 2.53 bits per heavy atom. The first kappa shape index (κ1) is 20.0. The van der Waals surface area contributed by atoms with Gasteiger partial charge in [-0.2, -0.15) is 0 Å². The molecular formula is C21H20FN5O2S. The van der Waals surface area contributed by atoms with Gasteiger partial charge in [0.05, 0.1) is 16.3 Å². The van der Waals surface area contributed by atoms with Crippen LogP contribution in [0.15, 0.2) is 23.7 Å². The Bertz CT molecular complexity index is 1330. The van der Waals surface area contributed by atoms with Crippen molar-refractivity contribution in [2.24, 2.45) is 0 Å². The number of hydrogen-bond acceptors (Lipinski definition) is 6. The maximum Gasteiger partial charge on any atom is 0.276 e. The quantitative estimate of drug-likeness (QED) is 0.251. The zero-order chi connectivity index (χ0) is 21.7. The number of nitro groups is 1. The first-order chi connectivity index (χ1) is 14.3. The van der Waals surface area contributed by atoms with Crippen LogP contribution < -0.4 is 5.54 Å². The predicted octanol–water partition coefficient (Wildman–Crippen LogP) is 5.87. The van der Waals surface area contributed by atoms with Crippen LogP contribution >= 0.6 is 11.3 Å². The van der Waals surface area contributed by atoms with Crippen molar-refractivity contribution in [3.8, 4) is 22.5 Å². The molecule has 0 aliphatic carbocycles. The van der Waals surface area contributed by atoms with E-state index < -0.39 is 0 Å². The number of nitro benzene ring substituents is 1. The first-order valence-electron chi connectivity index (χ1n) is 9.31. The van der Waals surface area contributed by atoms with Crippen LogP contribution in [0.25, 0.3) is 27.5 Å². The van der Waals surface area contributed by atoms with Crippen LogP contribution in [0.3, 0.4) is 0 Å². The molecule has 9 heteroatoms. The molecule has 30 heavy (non-hydrogen) atoms. The van der Waals surface area contributed by atoms with E-state index in [9.17, 15) is 14.6 Å². The molecule has 4 rings (SSSR count). The molecule has 0 aliphatic rings. The van der Waals surface area contributed by atoms with E-state index in [1.807, 2.05) is 30.6 Å². The fraction of sp³-hybridized carbons (Fsp3) is 0.238. The average Bonchev–Trinajstić information content (AvgIpc) is 3.26. The number of benzene rings is 1. The van der Waals surface area contributed by atoms with Crippen LogP contribution in [0, 0.1) is 44.7 Å². The maximum absolute atomic E-state index is 13.1. The third-order valence-corrected chi connectivity index (χ3v) is 6.61. The summed E-state index contributed by atoms with van der Waals surface area (Å²) in [5.41, 5.74) is 8.55. The van der Waals surface area contributed by atoms with Gasteiger partial charge in [0, 0.05) is 39.5 Å². The molecule has 0 spiro atoms. The minimum Gasteiger partial charge on any atom is -0.287 e. The van der Waals surface area contributed by atoms with E-state index in [-0.39, 0.29) is 16.4 Å². The van der Waals surface area contributed by atoms with E-state index in [2.05, 4.69) is 4.98 Å². The second-order valence-electron chi connectivity index (χ2n) is 7.31. The standard InChI is InChI=1S/C21H20FN5O2S/c1-10-9-30-21-24-18(20(26(10)21)15-6-7-23-16(8-15)25-22)17-12(3)11(2)13(4)19(14(17)5)27(28)29/h6-9H,1-5H3,(H,23,25). The molecule has 0 amide bonds. The van der Waals surface area contributed by atoms with Crippen LogP contribution in [0.2, 0.25) is 0 Å². The van der Waals surface area contributed by atoms with Gasteiger partial charge in [-0.25, -0.2) is 15.5 Å². The summed E-state index contributed by atoms with van der Waals surface area (Å²) in [4.78, 5) is 21.1. The van der Waals surface area contributed by atoms with Crippen molar-refractivity contribution in [2.45, 2.75) is 34.6 Å². The number of thiazole rings is 1. The normalized spacial score (nSPS) is 11.3. The lowest BCUT2D eigenvalue weighted by Crippen LogP contribution is -2.04. The number of rotatable bonds is 4. The van der Waals surface area contributed by atoms with Crippen LogP contribution in [0.1, 0.15) is 27.9 Å². The molecule has 0 saturated carbocycles. The van der Waals surface area contributed by atoms with Gasteiger partial charge in [-0.1, -0.05) is 0 Å². The zero-order valence-electron chi connectivity index (χ0n) is 17.2. The number of aryl methyl sites for hydroxylation is 1. The third-order valence-electron chi connectivity index (χ3n) is 5.67. The molecule has 4 aromatic rings. The summed E-state index contributed by atoms with van der Waals surface area (Å²) in [6.07, 6.45) is 1.52. The van der Waals surface area contributed by atoms with Crippen molar-refractivity contribution < 1.29 is 9.40 Å². The highest BCUT2D eigenvalue weighted by atomic mass is 32.1. The number of pyridine rings is 1. The molecule has 3 heterocycles. The van der Waals surface area contributed by atoms with Crippen LogP contribution in [0.5, 0.6) is 0 Å². The lowest BCUT2D eigenvalue weighted by molar-refractivity contribution is -0.386. The predicted molar refractivity (Wildman–Crippen MR) is 117 cm³/mol. The Kier molecular flexibility index (Phi) is 4.77. The first-order valence-corrected chi connectivity index (χ1v) is 10.2. The topological polar surface area (TPSA) is 85.4 Å². The van der Waals surface area contributed by atoms with Gasteiger partial charge < -0.3 is 0 Å². The molecule has 7 nitrogen and oxygen atoms in total. The number of aromatic nitrogens is 3. The molecule has 1 aromatic carbocycles. The SMILES string of the molecule is Cc1c(C)c(-c2nc3scc(C)n3c2-c2ccnc(NF)c2)c(C)c([N+](=O)[O-])c1C. The molecule has 154 valence electrons. The van der Waals surface area contributed by atoms with Crippen molar-refractivity contribution in [3.63, 3.8) is 0 Å². The highest BCUT2D eigenvalue weighted by molar-refractivity contribution is 7.15. The van der Waals surface area contributed by atoms with Gasteiger partial charge in [0.1, 0.15) is 0 Å². The monoisotopic (exact) mass is 425 g/mol. The van der Waals surface area contributed by atoms with Crippen molar-refractivity contribution in [1.82, 2.24) is 14.4 Å². The minimum absolute atomic E-state index is 0.0841. The molecule has 3 aromatic heterocycles. The van der Waals surface area contributed by atoms with Crippen LogP contribution in [0.4, 0.5) is 16.0 Å². The van der Waals surface area contributed by atoms with Crippen molar-refractivity contribution in [3.05, 3.63) is 61.8 Å². The summed E-state index contributed by atoms with van der Waals surface area (Å²) in [6.45, 7) is 9.35. The van der Waals surface area contributed by atoms with E-state index in [1.165, 1.54) is 17.5 Å².